The Morgan fingerprint density at radius 1 is 1.19 bits per heavy atom. The molecule has 6 heteroatoms. The monoisotopic (exact) mass is 288 g/mol. The van der Waals surface area contributed by atoms with Gasteiger partial charge in [0.2, 0.25) is 5.75 Å². The second-order valence-electron chi connectivity index (χ2n) is 4.52. The fourth-order valence-electron chi connectivity index (χ4n) is 1.92. The van der Waals surface area contributed by atoms with Crippen LogP contribution in [-0.2, 0) is 0 Å². The zero-order valence-electron chi connectivity index (χ0n) is 11.8. The number of nitro groups is 1. The Hall–Kier alpha value is -2.60. The Kier molecular flexibility index (Phi) is 4.39. The van der Waals surface area contributed by atoms with Crippen LogP contribution in [0, 0.1) is 10.1 Å². The van der Waals surface area contributed by atoms with E-state index in [1.165, 1.54) is 19.2 Å². The van der Waals surface area contributed by atoms with Gasteiger partial charge in [0.1, 0.15) is 11.5 Å². The van der Waals surface area contributed by atoms with Crippen molar-refractivity contribution >= 4 is 5.69 Å². The van der Waals surface area contributed by atoms with Gasteiger partial charge in [0, 0.05) is 11.6 Å². The average Bonchev–Trinajstić information content (AvgIpc) is 2.47. The van der Waals surface area contributed by atoms with E-state index in [1.54, 1.807) is 18.2 Å². The van der Waals surface area contributed by atoms with Gasteiger partial charge in [0.15, 0.2) is 0 Å². The predicted octanol–water partition coefficient (Wildman–Crippen LogP) is 3.42. The van der Waals surface area contributed by atoms with Crippen molar-refractivity contribution in [2.45, 2.75) is 13.0 Å². The third kappa shape index (κ3) is 3.29. The van der Waals surface area contributed by atoms with E-state index in [0.717, 1.165) is 5.56 Å². The van der Waals surface area contributed by atoms with Crippen molar-refractivity contribution in [3.8, 4) is 17.2 Å². The lowest BCUT2D eigenvalue weighted by Crippen LogP contribution is -2.06. The number of para-hydroxylation sites is 1. The SMILES string of the molecule is COc1ccc(Oc2ccccc2[C@@H](C)N)c([N+](=O)[O-])c1. The highest BCUT2D eigenvalue weighted by Gasteiger charge is 2.18. The highest BCUT2D eigenvalue weighted by Crippen LogP contribution is 2.36. The summed E-state index contributed by atoms with van der Waals surface area (Å²) in [5, 5.41) is 11.1. The van der Waals surface area contributed by atoms with E-state index in [2.05, 4.69) is 0 Å². The molecule has 2 aromatic carbocycles. The molecule has 6 nitrogen and oxygen atoms in total. The molecule has 0 saturated carbocycles. The van der Waals surface area contributed by atoms with E-state index < -0.39 is 4.92 Å². The van der Waals surface area contributed by atoms with E-state index in [4.69, 9.17) is 15.2 Å². The van der Waals surface area contributed by atoms with Gasteiger partial charge < -0.3 is 15.2 Å². The highest BCUT2D eigenvalue weighted by molar-refractivity contribution is 5.53. The summed E-state index contributed by atoms with van der Waals surface area (Å²) < 4.78 is 10.7. The summed E-state index contributed by atoms with van der Waals surface area (Å²) in [6.45, 7) is 1.82. The van der Waals surface area contributed by atoms with Gasteiger partial charge in [-0.2, -0.15) is 0 Å². The topological polar surface area (TPSA) is 87.6 Å². The van der Waals surface area contributed by atoms with Crippen molar-refractivity contribution in [2.24, 2.45) is 5.73 Å². The van der Waals surface area contributed by atoms with Crippen LogP contribution in [0.3, 0.4) is 0 Å². The fourth-order valence-corrected chi connectivity index (χ4v) is 1.92. The molecule has 0 unspecified atom stereocenters. The molecule has 0 aromatic heterocycles. The molecule has 0 fully saturated rings. The van der Waals surface area contributed by atoms with Crippen molar-refractivity contribution in [2.75, 3.05) is 7.11 Å². The average molecular weight is 288 g/mol. The first kappa shape index (κ1) is 14.8. The van der Waals surface area contributed by atoms with Crippen LogP contribution >= 0.6 is 0 Å². The van der Waals surface area contributed by atoms with Gasteiger partial charge >= 0.3 is 5.69 Å². The number of nitro benzene ring substituents is 1. The largest absolute Gasteiger partial charge is 0.496 e. The van der Waals surface area contributed by atoms with E-state index in [0.29, 0.717) is 11.5 Å². The number of nitrogens with two attached hydrogens (primary N) is 1. The zero-order chi connectivity index (χ0) is 15.4. The van der Waals surface area contributed by atoms with Crippen LogP contribution in [-0.4, -0.2) is 12.0 Å². The Morgan fingerprint density at radius 3 is 2.52 bits per heavy atom. The molecule has 0 aliphatic heterocycles. The lowest BCUT2D eigenvalue weighted by molar-refractivity contribution is -0.385. The first-order chi connectivity index (χ1) is 10.0. The Morgan fingerprint density at radius 2 is 1.90 bits per heavy atom. The maximum absolute atomic E-state index is 11.1. The van der Waals surface area contributed by atoms with Crippen LogP contribution in [0.1, 0.15) is 18.5 Å². The second kappa shape index (κ2) is 6.23. The van der Waals surface area contributed by atoms with Crippen LogP contribution in [0.25, 0.3) is 0 Å². The molecule has 0 radical (unpaired) electrons. The minimum atomic E-state index is -0.508. The zero-order valence-corrected chi connectivity index (χ0v) is 11.8. The number of rotatable bonds is 5. The van der Waals surface area contributed by atoms with E-state index >= 15 is 0 Å². The van der Waals surface area contributed by atoms with Crippen LogP contribution in [0.4, 0.5) is 5.69 Å². The fraction of sp³-hybridized carbons (Fsp3) is 0.200. The summed E-state index contributed by atoms with van der Waals surface area (Å²) in [6, 6.07) is 11.4. The van der Waals surface area contributed by atoms with E-state index in [-0.39, 0.29) is 17.5 Å². The quantitative estimate of drug-likeness (QED) is 0.672. The molecule has 0 bridgehead atoms. The minimum Gasteiger partial charge on any atom is -0.496 e. The van der Waals surface area contributed by atoms with Gasteiger partial charge in [-0.1, -0.05) is 18.2 Å². The lowest BCUT2D eigenvalue weighted by Gasteiger charge is -2.13. The lowest BCUT2D eigenvalue weighted by atomic mass is 10.1. The summed E-state index contributed by atoms with van der Waals surface area (Å²) in [7, 11) is 1.45. The number of ether oxygens (including phenoxy) is 2. The number of hydrogen-bond acceptors (Lipinski definition) is 5. The van der Waals surface area contributed by atoms with Gasteiger partial charge in [-0.3, -0.25) is 10.1 Å². The molecule has 0 heterocycles. The predicted molar refractivity (Wildman–Crippen MR) is 78.8 cm³/mol. The number of nitrogens with zero attached hydrogens (tertiary/aromatic N) is 1. The van der Waals surface area contributed by atoms with Crippen molar-refractivity contribution in [1.82, 2.24) is 0 Å². The molecule has 2 aromatic rings. The molecular formula is C15H16N2O4. The third-order valence-electron chi connectivity index (χ3n) is 2.99. The molecule has 2 N–H and O–H groups in total. The smallest absolute Gasteiger partial charge is 0.315 e. The maximum atomic E-state index is 11.1. The van der Waals surface area contributed by atoms with Crippen LogP contribution in [0.2, 0.25) is 0 Å². The molecular weight excluding hydrogens is 272 g/mol. The molecule has 0 amide bonds. The van der Waals surface area contributed by atoms with E-state index in [9.17, 15) is 10.1 Å². The Labute approximate surface area is 122 Å². The van der Waals surface area contributed by atoms with Gasteiger partial charge in [0.05, 0.1) is 18.1 Å². The first-order valence-corrected chi connectivity index (χ1v) is 6.37. The summed E-state index contributed by atoms with van der Waals surface area (Å²) in [4.78, 5) is 10.6. The molecule has 0 spiro atoms. The van der Waals surface area contributed by atoms with Crippen molar-refractivity contribution in [3.05, 3.63) is 58.1 Å². The van der Waals surface area contributed by atoms with Crippen LogP contribution < -0.4 is 15.2 Å². The minimum absolute atomic E-state index is 0.147. The summed E-state index contributed by atoms with van der Waals surface area (Å²) in [5.41, 5.74) is 6.50. The number of hydrogen-bond donors (Lipinski definition) is 1. The molecule has 0 aliphatic carbocycles. The van der Waals surface area contributed by atoms with Crippen LogP contribution in [0.15, 0.2) is 42.5 Å². The van der Waals surface area contributed by atoms with Gasteiger partial charge in [0.25, 0.3) is 0 Å². The summed E-state index contributed by atoms with van der Waals surface area (Å²) in [5.74, 6) is 1.05. The molecule has 110 valence electrons. The normalized spacial score (nSPS) is 11.8. The van der Waals surface area contributed by atoms with Gasteiger partial charge in [-0.05, 0) is 25.1 Å². The van der Waals surface area contributed by atoms with Crippen LogP contribution in [0.5, 0.6) is 17.2 Å². The second-order valence-corrected chi connectivity index (χ2v) is 4.52. The summed E-state index contributed by atoms with van der Waals surface area (Å²) >= 11 is 0. The summed E-state index contributed by atoms with van der Waals surface area (Å²) in [6.07, 6.45) is 0. The van der Waals surface area contributed by atoms with Crippen molar-refractivity contribution in [1.29, 1.82) is 0 Å². The van der Waals surface area contributed by atoms with Crippen molar-refractivity contribution < 1.29 is 14.4 Å². The van der Waals surface area contributed by atoms with Gasteiger partial charge in [-0.15, -0.1) is 0 Å². The number of methoxy groups -OCH3 is 1. The molecule has 2 rings (SSSR count). The Balaban J connectivity index is 2.42. The van der Waals surface area contributed by atoms with Crippen molar-refractivity contribution in [3.63, 3.8) is 0 Å². The maximum Gasteiger partial charge on any atom is 0.315 e. The highest BCUT2D eigenvalue weighted by atomic mass is 16.6. The molecule has 0 aliphatic rings. The Bertz CT molecular complexity index is 656. The molecule has 1 atom stereocenters. The number of benzene rings is 2. The first-order valence-electron chi connectivity index (χ1n) is 6.37. The third-order valence-corrected chi connectivity index (χ3v) is 2.99. The molecule has 0 saturated heterocycles. The molecule has 21 heavy (non-hydrogen) atoms. The van der Waals surface area contributed by atoms with Gasteiger partial charge in [-0.25, -0.2) is 0 Å². The van der Waals surface area contributed by atoms with E-state index in [1.807, 2.05) is 19.1 Å². The standard InChI is InChI=1S/C15H16N2O4/c1-10(16)12-5-3-4-6-14(12)21-15-8-7-11(20-2)9-13(15)17(18)19/h3-10H,16H2,1-2H3/t10-/m1/s1.